The summed E-state index contributed by atoms with van der Waals surface area (Å²) >= 11 is 5.83. The monoisotopic (exact) mass is 355 g/mol. The minimum Gasteiger partial charge on any atom is -0.486 e. The van der Waals surface area contributed by atoms with Gasteiger partial charge in [-0.15, -0.1) is 6.58 Å². The molecule has 0 fully saturated rings. The molecule has 0 aliphatic rings. The summed E-state index contributed by atoms with van der Waals surface area (Å²) in [5, 5.41) is 12.7. The maximum Gasteiger partial charge on any atom is 0.266 e. The Kier molecular flexibility index (Phi) is 5.07. The summed E-state index contributed by atoms with van der Waals surface area (Å²) in [5.41, 5.74) is 0.159. The zero-order chi connectivity index (χ0) is 17.6. The van der Waals surface area contributed by atoms with Crippen LogP contribution >= 0.6 is 11.6 Å². The molecule has 25 heavy (non-hydrogen) atoms. The maximum absolute atomic E-state index is 9.11. The number of hydrogen-bond acceptors (Lipinski definition) is 6. The van der Waals surface area contributed by atoms with Crippen molar-refractivity contribution >= 4 is 17.5 Å². The van der Waals surface area contributed by atoms with Gasteiger partial charge in [-0.25, -0.2) is 0 Å². The summed E-state index contributed by atoms with van der Waals surface area (Å²) in [6.45, 7) is 4.31. The molecule has 0 spiro atoms. The molecule has 1 aromatic carbocycles. The van der Waals surface area contributed by atoms with E-state index in [9.17, 15) is 0 Å². The number of nitrogens with one attached hydrogen (secondary N) is 1. The summed E-state index contributed by atoms with van der Waals surface area (Å²) in [5.74, 6) is 2.20. The Hall–Kier alpha value is -3.17. The van der Waals surface area contributed by atoms with Crippen LogP contribution in [0, 0.1) is 11.3 Å². The Balaban J connectivity index is 1.70. The molecule has 126 valence electrons. The number of halogens is 1. The molecule has 0 amide bonds. The highest BCUT2D eigenvalue weighted by atomic mass is 35.5. The summed E-state index contributed by atoms with van der Waals surface area (Å²) in [7, 11) is 0. The number of nitriles is 1. The SMILES string of the molecule is C=CCNc1oc(-c2ccc(COc3ccc(Cl)cc3)o2)nc1C#N. The number of anilines is 1. The summed E-state index contributed by atoms with van der Waals surface area (Å²) < 4.78 is 16.8. The molecule has 2 heterocycles. The number of oxazole rings is 1. The predicted molar refractivity (Wildman–Crippen MR) is 93.4 cm³/mol. The lowest BCUT2D eigenvalue weighted by molar-refractivity contribution is 0.271. The van der Waals surface area contributed by atoms with Crippen LogP contribution in [-0.2, 0) is 6.61 Å². The smallest absolute Gasteiger partial charge is 0.266 e. The van der Waals surface area contributed by atoms with Crippen LogP contribution in [0.3, 0.4) is 0 Å². The molecule has 0 unspecified atom stereocenters. The number of furan rings is 1. The second kappa shape index (κ2) is 7.60. The van der Waals surface area contributed by atoms with E-state index in [2.05, 4.69) is 16.9 Å². The Morgan fingerprint density at radius 1 is 1.24 bits per heavy atom. The van der Waals surface area contributed by atoms with E-state index in [1.54, 1.807) is 42.5 Å². The van der Waals surface area contributed by atoms with E-state index in [4.69, 9.17) is 30.4 Å². The first-order valence-corrected chi connectivity index (χ1v) is 7.80. The molecule has 2 aromatic heterocycles. The molecule has 1 N–H and O–H groups in total. The van der Waals surface area contributed by atoms with Crippen LogP contribution in [-0.4, -0.2) is 11.5 Å². The van der Waals surface area contributed by atoms with Gasteiger partial charge in [-0.05, 0) is 36.4 Å². The van der Waals surface area contributed by atoms with Gasteiger partial charge in [0, 0.05) is 11.6 Å². The number of aromatic nitrogens is 1. The van der Waals surface area contributed by atoms with E-state index in [-0.39, 0.29) is 24.1 Å². The van der Waals surface area contributed by atoms with Crippen LogP contribution < -0.4 is 10.1 Å². The second-order valence-electron chi connectivity index (χ2n) is 4.99. The van der Waals surface area contributed by atoms with Gasteiger partial charge in [0.1, 0.15) is 24.2 Å². The Bertz CT molecular complexity index is 907. The molecule has 0 radical (unpaired) electrons. The van der Waals surface area contributed by atoms with E-state index >= 15 is 0 Å². The lowest BCUT2D eigenvalue weighted by Gasteiger charge is -2.03. The highest BCUT2D eigenvalue weighted by Gasteiger charge is 2.17. The van der Waals surface area contributed by atoms with Crippen LogP contribution in [0.25, 0.3) is 11.7 Å². The zero-order valence-electron chi connectivity index (χ0n) is 13.2. The van der Waals surface area contributed by atoms with E-state index in [0.29, 0.717) is 28.8 Å². The first kappa shape index (κ1) is 16.7. The fourth-order valence-electron chi connectivity index (χ4n) is 2.04. The maximum atomic E-state index is 9.11. The van der Waals surface area contributed by atoms with Crippen LogP contribution in [0.1, 0.15) is 11.5 Å². The van der Waals surface area contributed by atoms with Gasteiger partial charge in [0.2, 0.25) is 11.6 Å². The molecular weight excluding hydrogens is 342 g/mol. The van der Waals surface area contributed by atoms with E-state index in [0.717, 1.165) is 0 Å². The van der Waals surface area contributed by atoms with E-state index in [1.165, 1.54) is 0 Å². The summed E-state index contributed by atoms with van der Waals surface area (Å²) in [6, 6.07) is 12.5. The van der Waals surface area contributed by atoms with Gasteiger partial charge < -0.3 is 18.9 Å². The fourth-order valence-corrected chi connectivity index (χ4v) is 2.17. The number of nitrogens with zero attached hydrogens (tertiary/aromatic N) is 2. The lowest BCUT2D eigenvalue weighted by atomic mass is 10.3. The van der Waals surface area contributed by atoms with Crippen LogP contribution in [0.5, 0.6) is 5.75 Å². The Morgan fingerprint density at radius 2 is 2.04 bits per heavy atom. The molecule has 0 aliphatic carbocycles. The third-order valence-corrected chi connectivity index (χ3v) is 3.46. The molecule has 3 aromatic rings. The largest absolute Gasteiger partial charge is 0.486 e. The summed E-state index contributed by atoms with van der Waals surface area (Å²) in [6.07, 6.45) is 1.66. The average molecular weight is 356 g/mol. The Morgan fingerprint density at radius 3 is 2.76 bits per heavy atom. The normalized spacial score (nSPS) is 10.2. The number of hydrogen-bond donors (Lipinski definition) is 1. The zero-order valence-corrected chi connectivity index (χ0v) is 13.9. The highest BCUT2D eigenvalue weighted by molar-refractivity contribution is 6.30. The van der Waals surface area contributed by atoms with Gasteiger partial charge in [-0.1, -0.05) is 17.7 Å². The van der Waals surface area contributed by atoms with Crippen molar-refractivity contribution < 1.29 is 13.6 Å². The van der Waals surface area contributed by atoms with Gasteiger partial charge in [0.05, 0.1) is 0 Å². The molecule has 6 nitrogen and oxygen atoms in total. The minimum absolute atomic E-state index is 0.159. The molecule has 7 heteroatoms. The van der Waals surface area contributed by atoms with E-state index in [1.807, 2.05) is 6.07 Å². The number of benzene rings is 1. The predicted octanol–water partition coefficient (Wildman–Crippen LogP) is 4.64. The number of rotatable bonds is 7. The molecule has 0 atom stereocenters. The van der Waals surface area contributed by atoms with Crippen molar-refractivity contribution in [2.75, 3.05) is 11.9 Å². The van der Waals surface area contributed by atoms with E-state index < -0.39 is 0 Å². The van der Waals surface area contributed by atoms with Crippen molar-refractivity contribution in [3.8, 4) is 23.5 Å². The van der Waals surface area contributed by atoms with Gasteiger partial charge >= 0.3 is 0 Å². The van der Waals surface area contributed by atoms with Crippen molar-refractivity contribution in [1.29, 1.82) is 5.26 Å². The second-order valence-corrected chi connectivity index (χ2v) is 5.42. The number of ether oxygens (including phenoxy) is 1. The standard InChI is InChI=1S/C18H14ClN3O3/c1-2-9-21-17-15(10-20)22-18(25-17)16-8-7-14(24-16)11-23-13-5-3-12(19)4-6-13/h2-8,21H,1,9,11H2. The average Bonchev–Trinajstić information content (AvgIpc) is 3.26. The molecule has 0 aliphatic heterocycles. The first-order chi connectivity index (χ1) is 12.2. The van der Waals surface area contributed by atoms with Gasteiger partial charge in [-0.3, -0.25) is 0 Å². The lowest BCUT2D eigenvalue weighted by Crippen LogP contribution is -1.97. The van der Waals surface area contributed by atoms with Gasteiger partial charge in [-0.2, -0.15) is 10.2 Å². The van der Waals surface area contributed by atoms with Gasteiger partial charge in [0.25, 0.3) is 5.89 Å². The van der Waals surface area contributed by atoms with Gasteiger partial charge in [0.15, 0.2) is 5.76 Å². The quantitative estimate of drug-likeness (QED) is 0.621. The fraction of sp³-hybridized carbons (Fsp3) is 0.111. The Labute approximate surface area is 149 Å². The molecule has 3 rings (SSSR count). The topological polar surface area (TPSA) is 84.2 Å². The third kappa shape index (κ3) is 4.03. The van der Waals surface area contributed by atoms with Crippen molar-refractivity contribution in [2.24, 2.45) is 0 Å². The minimum atomic E-state index is 0.159. The van der Waals surface area contributed by atoms with Crippen LogP contribution in [0.2, 0.25) is 5.02 Å². The third-order valence-electron chi connectivity index (χ3n) is 3.21. The van der Waals surface area contributed by atoms with Crippen molar-refractivity contribution in [3.63, 3.8) is 0 Å². The van der Waals surface area contributed by atoms with Crippen molar-refractivity contribution in [2.45, 2.75) is 6.61 Å². The first-order valence-electron chi connectivity index (χ1n) is 7.42. The molecule has 0 saturated heterocycles. The van der Waals surface area contributed by atoms with Crippen molar-refractivity contribution in [1.82, 2.24) is 4.98 Å². The van der Waals surface area contributed by atoms with Crippen LogP contribution in [0.4, 0.5) is 5.88 Å². The molecular formula is C18H14ClN3O3. The van der Waals surface area contributed by atoms with Crippen molar-refractivity contribution in [3.05, 3.63) is 65.5 Å². The van der Waals surface area contributed by atoms with Crippen LogP contribution in [0.15, 0.2) is 57.9 Å². The molecule has 0 saturated carbocycles. The highest BCUT2D eigenvalue weighted by Crippen LogP contribution is 2.27. The summed E-state index contributed by atoms with van der Waals surface area (Å²) in [4.78, 5) is 4.12. The molecule has 0 bridgehead atoms.